The first-order valence-corrected chi connectivity index (χ1v) is 6.75. The van der Waals surface area contributed by atoms with E-state index in [1.54, 1.807) is 6.33 Å². The summed E-state index contributed by atoms with van der Waals surface area (Å²) in [6.45, 7) is 8.88. The van der Waals surface area contributed by atoms with Crippen LogP contribution in [0.1, 0.15) is 39.4 Å². The van der Waals surface area contributed by atoms with Gasteiger partial charge in [-0.05, 0) is 31.2 Å². The van der Waals surface area contributed by atoms with Gasteiger partial charge < -0.3 is 5.32 Å². The third-order valence-corrected chi connectivity index (χ3v) is 3.42. The van der Waals surface area contributed by atoms with Crippen molar-refractivity contribution in [2.45, 2.75) is 52.6 Å². The summed E-state index contributed by atoms with van der Waals surface area (Å²) >= 11 is 0. The molecule has 1 saturated heterocycles. The Labute approximate surface area is 104 Å². The molecule has 1 aromatic heterocycles. The molecule has 2 unspecified atom stereocenters. The van der Waals surface area contributed by atoms with Crippen LogP contribution in [0.15, 0.2) is 6.33 Å². The van der Waals surface area contributed by atoms with Gasteiger partial charge in [0.25, 0.3) is 0 Å². The summed E-state index contributed by atoms with van der Waals surface area (Å²) in [5, 5.41) is 7.91. The van der Waals surface area contributed by atoms with Crippen molar-refractivity contribution in [1.82, 2.24) is 20.1 Å². The number of hydrogen-bond donors (Lipinski definition) is 1. The molecule has 1 N–H and O–H groups in total. The summed E-state index contributed by atoms with van der Waals surface area (Å²) in [5.74, 6) is 2.58. The van der Waals surface area contributed by atoms with Crippen molar-refractivity contribution < 1.29 is 0 Å². The van der Waals surface area contributed by atoms with Gasteiger partial charge in [0.15, 0.2) is 0 Å². The van der Waals surface area contributed by atoms with Gasteiger partial charge in [-0.25, -0.2) is 9.67 Å². The lowest BCUT2D eigenvalue weighted by Gasteiger charge is -2.28. The van der Waals surface area contributed by atoms with E-state index in [-0.39, 0.29) is 0 Å². The van der Waals surface area contributed by atoms with Gasteiger partial charge in [-0.2, -0.15) is 5.10 Å². The van der Waals surface area contributed by atoms with E-state index in [4.69, 9.17) is 0 Å². The van der Waals surface area contributed by atoms with Gasteiger partial charge in [0.2, 0.25) is 0 Å². The summed E-state index contributed by atoms with van der Waals surface area (Å²) < 4.78 is 2.06. The third kappa shape index (κ3) is 3.53. The molecule has 2 heterocycles. The third-order valence-electron chi connectivity index (χ3n) is 3.42. The molecule has 0 spiro atoms. The van der Waals surface area contributed by atoms with Gasteiger partial charge in [-0.1, -0.05) is 20.8 Å². The maximum absolute atomic E-state index is 4.40. The Hall–Kier alpha value is -0.900. The van der Waals surface area contributed by atoms with Crippen LogP contribution in [0.2, 0.25) is 0 Å². The number of hydrogen-bond acceptors (Lipinski definition) is 3. The van der Waals surface area contributed by atoms with Crippen molar-refractivity contribution in [2.75, 3.05) is 6.54 Å². The predicted octanol–water partition coefficient (Wildman–Crippen LogP) is 1.86. The van der Waals surface area contributed by atoms with Gasteiger partial charge in [0.05, 0.1) is 0 Å². The smallest absolute Gasteiger partial charge is 0.138 e. The van der Waals surface area contributed by atoms with Crippen molar-refractivity contribution in [3.05, 3.63) is 12.2 Å². The van der Waals surface area contributed by atoms with Crippen LogP contribution in [0, 0.1) is 11.8 Å². The standard InChI is InChI=1S/C13H24N4/c1-10(2)8-17-13(15-9-16-17)7-12-6-11(3)4-5-14-12/h9-12,14H,4-8H2,1-3H3. The molecule has 0 saturated carbocycles. The average Bonchev–Trinajstić information content (AvgIpc) is 2.65. The van der Waals surface area contributed by atoms with E-state index in [1.165, 1.54) is 12.8 Å². The van der Waals surface area contributed by atoms with Crippen LogP contribution in [0.4, 0.5) is 0 Å². The fourth-order valence-electron chi connectivity index (χ4n) is 2.54. The molecule has 2 atom stereocenters. The van der Waals surface area contributed by atoms with Gasteiger partial charge in [0.1, 0.15) is 12.2 Å². The molecule has 0 radical (unpaired) electrons. The monoisotopic (exact) mass is 236 g/mol. The Bertz CT molecular complexity index is 345. The Morgan fingerprint density at radius 1 is 1.53 bits per heavy atom. The fourth-order valence-corrected chi connectivity index (χ4v) is 2.54. The second-order valence-corrected chi connectivity index (χ2v) is 5.74. The molecule has 2 rings (SSSR count). The largest absolute Gasteiger partial charge is 0.314 e. The van der Waals surface area contributed by atoms with Crippen LogP contribution in [-0.4, -0.2) is 27.4 Å². The van der Waals surface area contributed by atoms with E-state index >= 15 is 0 Å². The summed E-state index contributed by atoms with van der Waals surface area (Å²) in [6, 6.07) is 0.578. The Kier molecular flexibility index (Phi) is 4.15. The Balaban J connectivity index is 1.95. The highest BCUT2D eigenvalue weighted by atomic mass is 15.3. The zero-order chi connectivity index (χ0) is 12.3. The van der Waals surface area contributed by atoms with E-state index in [2.05, 4.69) is 40.9 Å². The van der Waals surface area contributed by atoms with Gasteiger partial charge in [-0.15, -0.1) is 0 Å². The SMILES string of the molecule is CC(C)Cn1ncnc1CC1CC(C)CCN1. The molecule has 4 heteroatoms. The summed E-state index contributed by atoms with van der Waals surface area (Å²) in [4.78, 5) is 4.40. The van der Waals surface area contributed by atoms with Crippen LogP contribution < -0.4 is 5.32 Å². The quantitative estimate of drug-likeness (QED) is 0.868. The van der Waals surface area contributed by atoms with Gasteiger partial charge >= 0.3 is 0 Å². The van der Waals surface area contributed by atoms with E-state index < -0.39 is 0 Å². The maximum Gasteiger partial charge on any atom is 0.138 e. The van der Waals surface area contributed by atoms with E-state index in [0.29, 0.717) is 12.0 Å². The van der Waals surface area contributed by atoms with Crippen molar-refractivity contribution in [3.8, 4) is 0 Å². The number of rotatable bonds is 4. The molecular weight excluding hydrogens is 212 g/mol. The topological polar surface area (TPSA) is 42.7 Å². The molecule has 96 valence electrons. The van der Waals surface area contributed by atoms with Gasteiger partial charge in [-0.3, -0.25) is 0 Å². The minimum absolute atomic E-state index is 0.578. The highest BCUT2D eigenvalue weighted by Gasteiger charge is 2.20. The second kappa shape index (κ2) is 5.63. The number of nitrogens with zero attached hydrogens (tertiary/aromatic N) is 3. The number of piperidine rings is 1. The lowest BCUT2D eigenvalue weighted by Crippen LogP contribution is -2.39. The molecular formula is C13H24N4. The summed E-state index contributed by atoms with van der Waals surface area (Å²) in [7, 11) is 0. The molecule has 4 nitrogen and oxygen atoms in total. The van der Waals surface area contributed by atoms with Crippen LogP contribution in [0.3, 0.4) is 0 Å². The van der Waals surface area contributed by atoms with E-state index in [0.717, 1.165) is 31.3 Å². The molecule has 1 aromatic rings. The zero-order valence-electron chi connectivity index (χ0n) is 11.2. The molecule has 1 fully saturated rings. The fraction of sp³-hybridized carbons (Fsp3) is 0.846. The first kappa shape index (κ1) is 12.6. The number of nitrogens with one attached hydrogen (secondary N) is 1. The second-order valence-electron chi connectivity index (χ2n) is 5.74. The molecule has 1 aliphatic rings. The highest BCUT2D eigenvalue weighted by molar-refractivity contribution is 4.92. The molecule has 0 aliphatic carbocycles. The first-order valence-electron chi connectivity index (χ1n) is 6.75. The molecule has 0 amide bonds. The zero-order valence-corrected chi connectivity index (χ0v) is 11.2. The van der Waals surface area contributed by atoms with Crippen LogP contribution in [0.25, 0.3) is 0 Å². The highest BCUT2D eigenvalue weighted by Crippen LogP contribution is 2.17. The van der Waals surface area contributed by atoms with Crippen LogP contribution in [-0.2, 0) is 13.0 Å². The summed E-state index contributed by atoms with van der Waals surface area (Å²) in [5.41, 5.74) is 0. The van der Waals surface area contributed by atoms with Crippen molar-refractivity contribution in [2.24, 2.45) is 11.8 Å². The summed E-state index contributed by atoms with van der Waals surface area (Å²) in [6.07, 6.45) is 5.25. The normalized spacial score (nSPS) is 25.4. The van der Waals surface area contributed by atoms with Gasteiger partial charge in [0, 0.05) is 19.0 Å². The predicted molar refractivity (Wildman–Crippen MR) is 68.8 cm³/mol. The minimum atomic E-state index is 0.578. The Morgan fingerprint density at radius 2 is 2.35 bits per heavy atom. The first-order chi connectivity index (χ1) is 8.15. The van der Waals surface area contributed by atoms with Crippen LogP contribution in [0.5, 0.6) is 0 Å². The lowest BCUT2D eigenvalue weighted by atomic mass is 9.92. The lowest BCUT2D eigenvalue weighted by molar-refractivity contribution is 0.311. The Morgan fingerprint density at radius 3 is 3.06 bits per heavy atom. The average molecular weight is 236 g/mol. The minimum Gasteiger partial charge on any atom is -0.314 e. The molecule has 0 aromatic carbocycles. The molecule has 1 aliphatic heterocycles. The number of aromatic nitrogens is 3. The van der Waals surface area contributed by atoms with Crippen molar-refractivity contribution in [3.63, 3.8) is 0 Å². The van der Waals surface area contributed by atoms with Crippen molar-refractivity contribution >= 4 is 0 Å². The molecule has 17 heavy (non-hydrogen) atoms. The van der Waals surface area contributed by atoms with E-state index in [1.807, 2.05) is 0 Å². The maximum atomic E-state index is 4.40. The van der Waals surface area contributed by atoms with Crippen molar-refractivity contribution in [1.29, 1.82) is 0 Å². The van der Waals surface area contributed by atoms with E-state index in [9.17, 15) is 0 Å². The molecule has 0 bridgehead atoms. The van der Waals surface area contributed by atoms with Crippen LogP contribution >= 0.6 is 0 Å².